The predicted octanol–water partition coefficient (Wildman–Crippen LogP) is 4.10. The highest BCUT2D eigenvalue weighted by atomic mass is 16.5. The van der Waals surface area contributed by atoms with Gasteiger partial charge >= 0.3 is 0 Å². The second-order valence-electron chi connectivity index (χ2n) is 8.15. The average molecular weight is 339 g/mol. The van der Waals surface area contributed by atoms with Gasteiger partial charge in [0.15, 0.2) is 0 Å². The van der Waals surface area contributed by atoms with Crippen LogP contribution in [0.3, 0.4) is 0 Å². The largest absolute Gasteiger partial charge is 0.497 e. The highest BCUT2D eigenvalue weighted by molar-refractivity contribution is 6.22. The van der Waals surface area contributed by atoms with Crippen molar-refractivity contribution < 1.29 is 14.3 Å². The van der Waals surface area contributed by atoms with E-state index < -0.39 is 0 Å². The zero-order chi connectivity index (χ0) is 17.8. The van der Waals surface area contributed by atoms with Crippen LogP contribution in [0.2, 0.25) is 0 Å². The van der Waals surface area contributed by atoms with Crippen LogP contribution in [0.15, 0.2) is 35.4 Å². The fourth-order valence-electron chi connectivity index (χ4n) is 4.88. The second-order valence-corrected chi connectivity index (χ2v) is 8.15. The molecule has 0 radical (unpaired) electrons. The summed E-state index contributed by atoms with van der Waals surface area (Å²) in [7, 11) is 1.60. The number of amides is 2. The molecule has 0 aromatic heterocycles. The number of nitrogens with zero attached hydrogens (tertiary/aromatic N) is 1. The quantitative estimate of drug-likeness (QED) is 0.602. The van der Waals surface area contributed by atoms with Crippen molar-refractivity contribution in [2.24, 2.45) is 17.3 Å². The van der Waals surface area contributed by atoms with Gasteiger partial charge in [-0.2, -0.15) is 0 Å². The van der Waals surface area contributed by atoms with Gasteiger partial charge in [0, 0.05) is 0 Å². The van der Waals surface area contributed by atoms with Crippen molar-refractivity contribution in [3.8, 4) is 5.75 Å². The number of imide groups is 1. The van der Waals surface area contributed by atoms with Crippen molar-refractivity contribution in [2.75, 3.05) is 12.0 Å². The summed E-state index contributed by atoms with van der Waals surface area (Å²) in [6, 6.07) is 7.18. The SMILES string of the molecule is COc1ccc(N2C(=O)[C@@H]3CC4=C(C[C@H]3C2=O)C(C)(C)CCC4)cc1. The number of carbonyl (C=O) groups is 2. The third-order valence-electron chi connectivity index (χ3n) is 6.31. The maximum absolute atomic E-state index is 13.0. The Kier molecular flexibility index (Phi) is 3.75. The molecule has 1 heterocycles. The fourth-order valence-corrected chi connectivity index (χ4v) is 4.88. The molecule has 4 nitrogen and oxygen atoms in total. The number of anilines is 1. The summed E-state index contributed by atoms with van der Waals surface area (Å²) in [5.74, 6) is 0.287. The number of hydrogen-bond acceptors (Lipinski definition) is 3. The minimum atomic E-state index is -0.189. The van der Waals surface area contributed by atoms with E-state index in [9.17, 15) is 9.59 Å². The van der Waals surface area contributed by atoms with E-state index in [0.717, 1.165) is 25.0 Å². The van der Waals surface area contributed by atoms with Gasteiger partial charge in [0.25, 0.3) is 0 Å². The lowest BCUT2D eigenvalue weighted by Crippen LogP contribution is -2.32. The molecule has 0 bridgehead atoms. The van der Waals surface area contributed by atoms with Gasteiger partial charge in [-0.05, 0) is 61.8 Å². The Labute approximate surface area is 148 Å². The summed E-state index contributed by atoms with van der Waals surface area (Å²) in [4.78, 5) is 27.4. The van der Waals surface area contributed by atoms with Crippen molar-refractivity contribution in [1.82, 2.24) is 0 Å². The van der Waals surface area contributed by atoms with Gasteiger partial charge in [-0.1, -0.05) is 25.0 Å². The third kappa shape index (κ3) is 2.50. The molecule has 1 aromatic carbocycles. The van der Waals surface area contributed by atoms with Gasteiger partial charge < -0.3 is 4.74 Å². The zero-order valence-corrected chi connectivity index (χ0v) is 15.2. The lowest BCUT2D eigenvalue weighted by molar-refractivity contribution is -0.122. The number of allylic oxidation sites excluding steroid dienone is 2. The van der Waals surface area contributed by atoms with Gasteiger partial charge in [0.1, 0.15) is 5.75 Å². The van der Waals surface area contributed by atoms with Gasteiger partial charge in [-0.3, -0.25) is 14.5 Å². The monoisotopic (exact) mass is 339 g/mol. The summed E-state index contributed by atoms with van der Waals surface area (Å²) >= 11 is 0. The highest BCUT2D eigenvalue weighted by Gasteiger charge is 2.52. The van der Waals surface area contributed by atoms with Crippen molar-refractivity contribution in [2.45, 2.75) is 46.0 Å². The first-order chi connectivity index (χ1) is 11.9. The minimum Gasteiger partial charge on any atom is -0.497 e. The number of benzene rings is 1. The molecule has 0 N–H and O–H groups in total. The summed E-state index contributed by atoms with van der Waals surface area (Å²) in [5.41, 5.74) is 3.70. The minimum absolute atomic E-state index is 0.0323. The summed E-state index contributed by atoms with van der Waals surface area (Å²) in [6.07, 6.45) is 4.97. The number of ether oxygens (including phenoxy) is 1. The Bertz CT molecular complexity index is 760. The van der Waals surface area contributed by atoms with Crippen LogP contribution in [0.4, 0.5) is 5.69 Å². The number of rotatable bonds is 2. The van der Waals surface area contributed by atoms with E-state index in [-0.39, 0.29) is 29.1 Å². The summed E-state index contributed by atoms with van der Waals surface area (Å²) in [6.45, 7) is 4.56. The van der Waals surface area contributed by atoms with Crippen molar-refractivity contribution in [3.05, 3.63) is 35.4 Å². The Balaban J connectivity index is 1.65. The van der Waals surface area contributed by atoms with Crippen LogP contribution in [0.5, 0.6) is 5.75 Å². The Morgan fingerprint density at radius 3 is 2.32 bits per heavy atom. The molecule has 4 rings (SSSR count). The maximum atomic E-state index is 13.0. The molecule has 0 spiro atoms. The first kappa shape index (κ1) is 16.4. The molecule has 2 amide bonds. The smallest absolute Gasteiger partial charge is 0.238 e. The van der Waals surface area contributed by atoms with E-state index in [4.69, 9.17) is 4.74 Å². The Morgan fingerprint density at radius 2 is 1.68 bits per heavy atom. The number of hydrogen-bond donors (Lipinski definition) is 0. The maximum Gasteiger partial charge on any atom is 0.238 e. The van der Waals surface area contributed by atoms with Crippen LogP contribution in [0, 0.1) is 17.3 Å². The van der Waals surface area contributed by atoms with Gasteiger partial charge in [-0.25, -0.2) is 0 Å². The molecule has 1 fully saturated rings. The Hall–Kier alpha value is -2.10. The molecule has 0 saturated carbocycles. The first-order valence-corrected chi connectivity index (χ1v) is 9.15. The molecule has 0 unspecified atom stereocenters. The van der Waals surface area contributed by atoms with Crippen molar-refractivity contribution >= 4 is 17.5 Å². The molecule has 132 valence electrons. The molecule has 2 atom stereocenters. The summed E-state index contributed by atoms with van der Waals surface area (Å²) in [5, 5.41) is 0. The molecule has 2 aliphatic carbocycles. The molecule has 1 aromatic rings. The number of fused-ring (bicyclic) bond motifs is 1. The van der Waals surface area contributed by atoms with Gasteiger partial charge in [-0.15, -0.1) is 0 Å². The second kappa shape index (κ2) is 5.72. The molecular weight excluding hydrogens is 314 g/mol. The standard InChI is InChI=1S/C21H25NO3/c1-21(2)10-4-5-13-11-16-17(12-18(13)21)20(24)22(19(16)23)14-6-8-15(25-3)9-7-14/h6-9,16-17H,4-5,10-12H2,1-3H3/t16-,17-/m1/s1. The molecular formula is C21H25NO3. The normalized spacial score (nSPS) is 28.0. The van der Waals surface area contributed by atoms with Gasteiger partial charge in [0.05, 0.1) is 24.6 Å². The molecule has 1 saturated heterocycles. The molecule has 4 heteroatoms. The zero-order valence-electron chi connectivity index (χ0n) is 15.2. The topological polar surface area (TPSA) is 46.6 Å². The van der Waals surface area contributed by atoms with E-state index >= 15 is 0 Å². The van der Waals surface area contributed by atoms with Crippen LogP contribution in [0.1, 0.15) is 46.0 Å². The van der Waals surface area contributed by atoms with Crippen LogP contribution in [-0.2, 0) is 9.59 Å². The van der Waals surface area contributed by atoms with E-state index in [1.54, 1.807) is 31.4 Å². The van der Waals surface area contributed by atoms with E-state index in [0.29, 0.717) is 5.69 Å². The first-order valence-electron chi connectivity index (χ1n) is 9.15. The lowest BCUT2D eigenvalue weighted by atomic mass is 9.63. The van der Waals surface area contributed by atoms with Crippen molar-refractivity contribution in [3.63, 3.8) is 0 Å². The highest BCUT2D eigenvalue weighted by Crippen LogP contribution is 2.52. The van der Waals surface area contributed by atoms with E-state index in [2.05, 4.69) is 13.8 Å². The van der Waals surface area contributed by atoms with E-state index in [1.165, 1.54) is 28.9 Å². The van der Waals surface area contributed by atoms with Crippen molar-refractivity contribution in [1.29, 1.82) is 0 Å². The molecule has 3 aliphatic rings. The Morgan fingerprint density at radius 1 is 1.04 bits per heavy atom. The lowest BCUT2D eigenvalue weighted by Gasteiger charge is -2.40. The number of carbonyl (C=O) groups excluding carboxylic acids is 2. The van der Waals surface area contributed by atoms with Crippen LogP contribution in [-0.4, -0.2) is 18.9 Å². The van der Waals surface area contributed by atoms with Crippen LogP contribution < -0.4 is 9.64 Å². The van der Waals surface area contributed by atoms with Crippen LogP contribution >= 0.6 is 0 Å². The van der Waals surface area contributed by atoms with E-state index in [1.807, 2.05) is 0 Å². The fraction of sp³-hybridized carbons (Fsp3) is 0.524. The third-order valence-corrected chi connectivity index (χ3v) is 6.31. The number of methoxy groups -OCH3 is 1. The van der Waals surface area contributed by atoms with Gasteiger partial charge in [0.2, 0.25) is 11.8 Å². The molecule has 1 aliphatic heterocycles. The average Bonchev–Trinajstić information content (AvgIpc) is 2.84. The molecule has 25 heavy (non-hydrogen) atoms. The predicted molar refractivity (Wildman–Crippen MR) is 96.4 cm³/mol. The van der Waals surface area contributed by atoms with Crippen LogP contribution in [0.25, 0.3) is 0 Å². The summed E-state index contributed by atoms with van der Waals surface area (Å²) < 4.78 is 5.17.